The van der Waals surface area contributed by atoms with Crippen LogP contribution in [0.1, 0.15) is 27.7 Å². The average molecular weight is 255 g/mol. The maximum atomic E-state index is 5.57. The monoisotopic (exact) mass is 255 g/mol. The highest BCUT2D eigenvalue weighted by Crippen LogP contribution is 2.16. The fraction of sp³-hybridized carbons (Fsp3) is 0.727. The van der Waals surface area contributed by atoms with E-state index >= 15 is 0 Å². The Labute approximate surface area is 107 Å². The molecule has 7 heteroatoms. The Kier molecular flexibility index (Phi) is 4.42. The molecule has 0 radical (unpaired) electrons. The zero-order valence-electron chi connectivity index (χ0n) is 11.3. The van der Waals surface area contributed by atoms with Crippen LogP contribution in [0.25, 0.3) is 0 Å². The third kappa shape index (κ3) is 4.42. The van der Waals surface area contributed by atoms with Crippen molar-refractivity contribution in [3.05, 3.63) is 6.33 Å². The fourth-order valence-corrected chi connectivity index (χ4v) is 0.943. The minimum absolute atomic E-state index is 0.184. The summed E-state index contributed by atoms with van der Waals surface area (Å²) in [6.45, 7) is 8.09. The minimum atomic E-state index is -0.540. The Bertz CT molecular complexity index is 362. The summed E-state index contributed by atoms with van der Waals surface area (Å²) in [5.41, 5.74) is 10.1. The molecular formula is C11H21N5O2. The largest absolute Gasteiger partial charge is 0.456 e. The van der Waals surface area contributed by atoms with Crippen LogP contribution in [-0.4, -0.2) is 39.2 Å². The number of nitrogens with zero attached hydrogens (tertiary/aromatic N) is 3. The van der Waals surface area contributed by atoms with E-state index in [4.69, 9.17) is 20.9 Å². The first-order valence-electron chi connectivity index (χ1n) is 5.75. The van der Waals surface area contributed by atoms with E-state index in [2.05, 4.69) is 15.0 Å². The van der Waals surface area contributed by atoms with Gasteiger partial charge in [0, 0.05) is 13.1 Å². The summed E-state index contributed by atoms with van der Waals surface area (Å²) in [5, 5.41) is 0. The third-order valence-electron chi connectivity index (χ3n) is 2.25. The van der Waals surface area contributed by atoms with Gasteiger partial charge in [0.05, 0.1) is 0 Å². The van der Waals surface area contributed by atoms with Crippen molar-refractivity contribution in [3.63, 3.8) is 0 Å². The van der Waals surface area contributed by atoms with Crippen molar-refractivity contribution in [1.29, 1.82) is 0 Å². The first-order valence-corrected chi connectivity index (χ1v) is 5.75. The van der Waals surface area contributed by atoms with Crippen LogP contribution in [0.15, 0.2) is 6.33 Å². The number of hydrogen-bond acceptors (Lipinski definition) is 7. The second kappa shape index (κ2) is 5.45. The maximum Gasteiger partial charge on any atom is 0.323 e. The second-order valence-electron chi connectivity index (χ2n) is 5.18. The molecule has 0 fully saturated rings. The first-order chi connectivity index (χ1) is 8.28. The van der Waals surface area contributed by atoms with E-state index in [1.54, 1.807) is 0 Å². The number of hydrogen-bond donors (Lipinski definition) is 2. The Morgan fingerprint density at radius 3 is 1.67 bits per heavy atom. The van der Waals surface area contributed by atoms with Gasteiger partial charge in [0.15, 0.2) is 0 Å². The van der Waals surface area contributed by atoms with Gasteiger partial charge in [-0.3, -0.25) is 0 Å². The zero-order chi connectivity index (χ0) is 13.8. The molecule has 0 saturated heterocycles. The summed E-state index contributed by atoms with van der Waals surface area (Å²) < 4.78 is 11.1. The van der Waals surface area contributed by atoms with E-state index in [0.717, 1.165) is 0 Å². The van der Waals surface area contributed by atoms with Gasteiger partial charge in [0.2, 0.25) is 0 Å². The topological polar surface area (TPSA) is 109 Å². The molecular weight excluding hydrogens is 234 g/mol. The van der Waals surface area contributed by atoms with Gasteiger partial charge < -0.3 is 20.9 Å². The summed E-state index contributed by atoms with van der Waals surface area (Å²) in [5.74, 6) is 0. The molecule has 4 N–H and O–H groups in total. The Hall–Kier alpha value is -1.47. The highest BCUT2D eigenvalue weighted by atomic mass is 16.5. The Morgan fingerprint density at radius 2 is 1.33 bits per heavy atom. The van der Waals surface area contributed by atoms with Crippen molar-refractivity contribution in [2.24, 2.45) is 11.5 Å². The standard InChI is InChI=1S/C11H21N5O2/c1-10(2,5-12)17-8-14-7-15-9(16-8)18-11(3,4)6-13/h7H,5-6,12-13H2,1-4H3. The Balaban J connectivity index is 2.80. The van der Waals surface area contributed by atoms with Crippen LogP contribution in [0.5, 0.6) is 12.0 Å². The third-order valence-corrected chi connectivity index (χ3v) is 2.25. The molecule has 0 bridgehead atoms. The predicted octanol–water partition coefficient (Wildman–Crippen LogP) is 0.104. The number of aromatic nitrogens is 3. The lowest BCUT2D eigenvalue weighted by Gasteiger charge is -2.24. The van der Waals surface area contributed by atoms with Crippen LogP contribution in [0.3, 0.4) is 0 Å². The first kappa shape index (κ1) is 14.6. The minimum Gasteiger partial charge on any atom is -0.456 e. The van der Waals surface area contributed by atoms with Crippen LogP contribution >= 0.6 is 0 Å². The molecule has 102 valence electrons. The zero-order valence-corrected chi connectivity index (χ0v) is 11.3. The van der Waals surface area contributed by atoms with Crippen molar-refractivity contribution in [2.45, 2.75) is 38.9 Å². The van der Waals surface area contributed by atoms with Crippen molar-refractivity contribution in [1.82, 2.24) is 15.0 Å². The van der Waals surface area contributed by atoms with Crippen molar-refractivity contribution < 1.29 is 9.47 Å². The highest BCUT2D eigenvalue weighted by Gasteiger charge is 2.22. The van der Waals surface area contributed by atoms with E-state index in [1.807, 2.05) is 27.7 Å². The smallest absolute Gasteiger partial charge is 0.323 e. The van der Waals surface area contributed by atoms with E-state index in [-0.39, 0.29) is 12.0 Å². The Morgan fingerprint density at radius 1 is 0.944 bits per heavy atom. The molecule has 0 aliphatic rings. The van der Waals surface area contributed by atoms with E-state index in [0.29, 0.717) is 13.1 Å². The molecule has 0 aromatic carbocycles. The fourth-order valence-electron chi connectivity index (χ4n) is 0.943. The lowest BCUT2D eigenvalue weighted by molar-refractivity contribution is 0.0874. The van der Waals surface area contributed by atoms with Gasteiger partial charge in [-0.15, -0.1) is 4.98 Å². The van der Waals surface area contributed by atoms with Crippen molar-refractivity contribution >= 4 is 0 Å². The van der Waals surface area contributed by atoms with E-state index < -0.39 is 11.2 Å². The number of rotatable bonds is 6. The van der Waals surface area contributed by atoms with Crippen LogP contribution in [0.2, 0.25) is 0 Å². The summed E-state index contributed by atoms with van der Waals surface area (Å²) in [6, 6.07) is 0.367. The second-order valence-corrected chi connectivity index (χ2v) is 5.18. The van der Waals surface area contributed by atoms with E-state index in [1.165, 1.54) is 6.33 Å². The number of ether oxygens (including phenoxy) is 2. The van der Waals surface area contributed by atoms with Gasteiger partial charge in [0.25, 0.3) is 0 Å². The van der Waals surface area contributed by atoms with Crippen LogP contribution in [0, 0.1) is 0 Å². The van der Waals surface area contributed by atoms with Gasteiger partial charge in [-0.05, 0) is 27.7 Å². The molecule has 1 aromatic heterocycles. The lowest BCUT2D eigenvalue weighted by Crippen LogP contribution is -2.38. The molecule has 1 aromatic rings. The van der Waals surface area contributed by atoms with Gasteiger partial charge in [-0.1, -0.05) is 0 Å². The van der Waals surface area contributed by atoms with Crippen LogP contribution in [-0.2, 0) is 0 Å². The van der Waals surface area contributed by atoms with Crippen molar-refractivity contribution in [3.8, 4) is 12.0 Å². The molecule has 0 spiro atoms. The van der Waals surface area contributed by atoms with Crippen LogP contribution < -0.4 is 20.9 Å². The quantitative estimate of drug-likeness (QED) is 0.742. The van der Waals surface area contributed by atoms with Gasteiger partial charge >= 0.3 is 12.0 Å². The van der Waals surface area contributed by atoms with Crippen molar-refractivity contribution in [2.75, 3.05) is 13.1 Å². The average Bonchev–Trinajstić information content (AvgIpc) is 2.28. The summed E-state index contributed by atoms with van der Waals surface area (Å²) in [6.07, 6.45) is 1.33. The van der Waals surface area contributed by atoms with Gasteiger partial charge in [-0.2, -0.15) is 9.97 Å². The van der Waals surface area contributed by atoms with Crippen LogP contribution in [0.4, 0.5) is 0 Å². The molecule has 0 amide bonds. The molecule has 0 atom stereocenters. The molecule has 7 nitrogen and oxygen atoms in total. The number of nitrogens with two attached hydrogens (primary N) is 2. The predicted molar refractivity (Wildman–Crippen MR) is 67.3 cm³/mol. The molecule has 1 heterocycles. The van der Waals surface area contributed by atoms with Gasteiger partial charge in [-0.25, -0.2) is 0 Å². The molecule has 0 saturated carbocycles. The maximum absolute atomic E-state index is 5.57. The lowest BCUT2D eigenvalue weighted by atomic mass is 10.1. The normalized spacial score (nSPS) is 12.3. The molecule has 0 unspecified atom stereocenters. The molecule has 1 rings (SSSR count). The van der Waals surface area contributed by atoms with Gasteiger partial charge in [0.1, 0.15) is 17.5 Å². The summed E-state index contributed by atoms with van der Waals surface area (Å²) in [4.78, 5) is 11.9. The molecule has 0 aliphatic heterocycles. The highest BCUT2D eigenvalue weighted by molar-refractivity contribution is 5.02. The van der Waals surface area contributed by atoms with E-state index in [9.17, 15) is 0 Å². The summed E-state index contributed by atoms with van der Waals surface area (Å²) >= 11 is 0. The molecule has 0 aliphatic carbocycles. The molecule has 18 heavy (non-hydrogen) atoms. The summed E-state index contributed by atoms with van der Waals surface area (Å²) in [7, 11) is 0. The SMILES string of the molecule is CC(C)(CN)Oc1ncnc(OC(C)(C)CN)n1.